The number of rotatable bonds is 4. The summed E-state index contributed by atoms with van der Waals surface area (Å²) in [5.74, 6) is 0. The zero-order chi connectivity index (χ0) is 7.98. The molecular formula is C6H15N3S. The molecule has 0 spiro atoms. The Morgan fingerprint density at radius 3 is 2.70 bits per heavy atom. The van der Waals surface area contributed by atoms with Crippen LogP contribution in [-0.4, -0.2) is 17.7 Å². The Morgan fingerprint density at radius 2 is 2.30 bits per heavy atom. The molecule has 0 heterocycles. The highest BCUT2D eigenvalue weighted by Crippen LogP contribution is 1.90. The van der Waals surface area contributed by atoms with E-state index in [0.717, 1.165) is 19.4 Å². The third-order valence-corrected chi connectivity index (χ3v) is 1.28. The fourth-order valence-electron chi connectivity index (χ4n) is 0.636. The molecule has 0 aliphatic carbocycles. The van der Waals surface area contributed by atoms with Crippen LogP contribution in [0.15, 0.2) is 0 Å². The Balaban J connectivity index is 2.98. The van der Waals surface area contributed by atoms with Crippen LogP contribution >= 0.6 is 12.2 Å². The molecule has 0 saturated carbocycles. The molecule has 10 heavy (non-hydrogen) atoms. The zero-order valence-corrected chi connectivity index (χ0v) is 7.08. The van der Waals surface area contributed by atoms with Gasteiger partial charge in [0.25, 0.3) is 0 Å². The van der Waals surface area contributed by atoms with Crippen LogP contribution in [0.4, 0.5) is 0 Å². The molecule has 0 radical (unpaired) electrons. The Morgan fingerprint density at radius 1 is 1.70 bits per heavy atom. The maximum absolute atomic E-state index is 5.52. The number of nitrogens with one attached hydrogen (secondary N) is 1. The summed E-state index contributed by atoms with van der Waals surface area (Å²) in [5.41, 5.74) is 10.7. The maximum atomic E-state index is 5.52. The lowest BCUT2D eigenvalue weighted by Crippen LogP contribution is -2.30. The van der Waals surface area contributed by atoms with E-state index in [-0.39, 0.29) is 6.04 Å². The van der Waals surface area contributed by atoms with E-state index < -0.39 is 0 Å². The van der Waals surface area contributed by atoms with E-state index in [9.17, 15) is 0 Å². The SMILES string of the molecule is C[C@@H](N)CCCNC(N)=S. The molecule has 0 fully saturated rings. The first kappa shape index (κ1) is 9.65. The van der Waals surface area contributed by atoms with Crippen LogP contribution in [0.5, 0.6) is 0 Å². The highest BCUT2D eigenvalue weighted by Gasteiger charge is 1.92. The molecule has 0 aromatic rings. The monoisotopic (exact) mass is 161 g/mol. The minimum absolute atomic E-state index is 0.271. The van der Waals surface area contributed by atoms with Gasteiger partial charge < -0.3 is 16.8 Å². The van der Waals surface area contributed by atoms with Crippen LogP contribution in [0.3, 0.4) is 0 Å². The van der Waals surface area contributed by atoms with Crippen molar-refractivity contribution in [2.45, 2.75) is 25.8 Å². The van der Waals surface area contributed by atoms with Crippen molar-refractivity contribution in [2.24, 2.45) is 11.5 Å². The van der Waals surface area contributed by atoms with Gasteiger partial charge in [0.15, 0.2) is 5.11 Å². The van der Waals surface area contributed by atoms with Gasteiger partial charge in [0.2, 0.25) is 0 Å². The van der Waals surface area contributed by atoms with Gasteiger partial charge in [-0.2, -0.15) is 0 Å². The topological polar surface area (TPSA) is 64.1 Å². The van der Waals surface area contributed by atoms with Crippen molar-refractivity contribution in [3.63, 3.8) is 0 Å². The molecule has 3 nitrogen and oxygen atoms in total. The second-order valence-electron chi connectivity index (χ2n) is 2.41. The van der Waals surface area contributed by atoms with Crippen molar-refractivity contribution in [1.82, 2.24) is 5.32 Å². The molecule has 0 rings (SSSR count). The number of thiocarbonyl (C=S) groups is 1. The first-order valence-corrected chi connectivity index (χ1v) is 3.82. The Bertz CT molecular complexity index is 103. The highest BCUT2D eigenvalue weighted by molar-refractivity contribution is 7.80. The summed E-state index contributed by atoms with van der Waals surface area (Å²) in [6.07, 6.45) is 2.03. The van der Waals surface area contributed by atoms with Gasteiger partial charge in [0.05, 0.1) is 0 Å². The molecule has 0 aliphatic rings. The van der Waals surface area contributed by atoms with Crippen molar-refractivity contribution >= 4 is 17.3 Å². The number of nitrogens with two attached hydrogens (primary N) is 2. The van der Waals surface area contributed by atoms with Gasteiger partial charge in [0, 0.05) is 12.6 Å². The fourth-order valence-corrected chi connectivity index (χ4v) is 0.738. The van der Waals surface area contributed by atoms with Crippen LogP contribution in [0, 0.1) is 0 Å². The molecule has 1 atom stereocenters. The van der Waals surface area contributed by atoms with Crippen LogP contribution in [-0.2, 0) is 0 Å². The van der Waals surface area contributed by atoms with E-state index in [1.165, 1.54) is 0 Å². The van der Waals surface area contributed by atoms with Crippen LogP contribution < -0.4 is 16.8 Å². The molecule has 4 heteroatoms. The van der Waals surface area contributed by atoms with E-state index in [1.54, 1.807) is 0 Å². The van der Waals surface area contributed by atoms with Gasteiger partial charge in [-0.3, -0.25) is 0 Å². The molecule has 60 valence electrons. The second kappa shape index (κ2) is 5.44. The van der Waals surface area contributed by atoms with Gasteiger partial charge >= 0.3 is 0 Å². The second-order valence-corrected chi connectivity index (χ2v) is 2.85. The van der Waals surface area contributed by atoms with Crippen LogP contribution in [0.25, 0.3) is 0 Å². The molecule has 0 bridgehead atoms. The summed E-state index contributed by atoms with van der Waals surface area (Å²) >= 11 is 4.61. The lowest BCUT2D eigenvalue weighted by Gasteiger charge is -2.05. The third kappa shape index (κ3) is 7.65. The summed E-state index contributed by atoms with van der Waals surface area (Å²) < 4.78 is 0. The van der Waals surface area contributed by atoms with E-state index in [0.29, 0.717) is 5.11 Å². The van der Waals surface area contributed by atoms with Crippen molar-refractivity contribution in [1.29, 1.82) is 0 Å². The third-order valence-electron chi connectivity index (χ3n) is 1.14. The summed E-state index contributed by atoms with van der Waals surface area (Å²) in [7, 11) is 0. The summed E-state index contributed by atoms with van der Waals surface area (Å²) in [4.78, 5) is 0. The Kier molecular flexibility index (Phi) is 5.25. The van der Waals surface area contributed by atoms with Gasteiger partial charge in [-0.15, -0.1) is 0 Å². The molecule has 0 saturated heterocycles. The molecule has 0 aliphatic heterocycles. The van der Waals surface area contributed by atoms with Crippen LogP contribution in [0.2, 0.25) is 0 Å². The normalized spacial score (nSPS) is 12.6. The van der Waals surface area contributed by atoms with E-state index in [2.05, 4.69) is 17.5 Å². The highest BCUT2D eigenvalue weighted by atomic mass is 32.1. The number of hydrogen-bond acceptors (Lipinski definition) is 2. The minimum Gasteiger partial charge on any atom is -0.376 e. The lowest BCUT2D eigenvalue weighted by molar-refractivity contribution is 0.616. The van der Waals surface area contributed by atoms with Gasteiger partial charge in [-0.25, -0.2) is 0 Å². The predicted molar refractivity (Wildman–Crippen MR) is 47.7 cm³/mol. The molecule has 0 aromatic carbocycles. The quantitative estimate of drug-likeness (QED) is 0.399. The van der Waals surface area contributed by atoms with Crippen molar-refractivity contribution in [2.75, 3.05) is 6.54 Å². The largest absolute Gasteiger partial charge is 0.376 e. The van der Waals surface area contributed by atoms with Gasteiger partial charge in [0.1, 0.15) is 0 Å². The molecule has 5 N–H and O–H groups in total. The summed E-state index contributed by atoms with van der Waals surface area (Å²) in [6, 6.07) is 0.271. The first-order valence-electron chi connectivity index (χ1n) is 3.42. The van der Waals surface area contributed by atoms with E-state index >= 15 is 0 Å². The van der Waals surface area contributed by atoms with Crippen LogP contribution in [0.1, 0.15) is 19.8 Å². The molecular weight excluding hydrogens is 146 g/mol. The van der Waals surface area contributed by atoms with Crippen molar-refractivity contribution in [3.8, 4) is 0 Å². The molecule has 0 amide bonds. The summed E-state index contributed by atoms with van der Waals surface area (Å²) in [6.45, 7) is 2.82. The maximum Gasteiger partial charge on any atom is 0.163 e. The predicted octanol–water partition coefficient (Wildman–Crippen LogP) is -0.0530. The Labute approximate surface area is 67.2 Å². The van der Waals surface area contributed by atoms with Crippen molar-refractivity contribution in [3.05, 3.63) is 0 Å². The molecule has 0 unspecified atom stereocenters. The average Bonchev–Trinajstić information content (AvgIpc) is 1.79. The standard InChI is InChI=1S/C6H15N3S/c1-5(7)3-2-4-9-6(8)10/h5H,2-4,7H2,1H3,(H3,8,9,10)/t5-/m1/s1. The number of hydrogen-bond donors (Lipinski definition) is 3. The average molecular weight is 161 g/mol. The molecule has 0 aromatic heterocycles. The zero-order valence-electron chi connectivity index (χ0n) is 6.26. The van der Waals surface area contributed by atoms with Crippen molar-refractivity contribution < 1.29 is 0 Å². The fraction of sp³-hybridized carbons (Fsp3) is 0.833. The van der Waals surface area contributed by atoms with E-state index in [4.69, 9.17) is 11.5 Å². The first-order chi connectivity index (χ1) is 4.63. The van der Waals surface area contributed by atoms with Gasteiger partial charge in [-0.05, 0) is 32.0 Å². The smallest absolute Gasteiger partial charge is 0.163 e. The lowest BCUT2D eigenvalue weighted by atomic mass is 10.2. The van der Waals surface area contributed by atoms with E-state index in [1.807, 2.05) is 6.92 Å². The minimum atomic E-state index is 0.271. The van der Waals surface area contributed by atoms with Gasteiger partial charge in [-0.1, -0.05) is 0 Å². The summed E-state index contributed by atoms with van der Waals surface area (Å²) in [5, 5.41) is 3.22. The Hall–Kier alpha value is -0.350.